The largest absolute Gasteiger partial charge is 0.383 e. The number of rotatable bonds is 0. The van der Waals surface area contributed by atoms with Crippen LogP contribution in [-0.2, 0) is 7.05 Å². The van der Waals surface area contributed by atoms with Gasteiger partial charge in [-0.1, -0.05) is 0 Å². The standard InChI is InChI=1S/C11H10FN5/c1-17-5-7-10(13)14-9-4-6(12)2-3-8(9)15-11(7)16-17/h2-5H,1H3,(H2,13,14)(H,15,16). The van der Waals surface area contributed by atoms with Gasteiger partial charge < -0.3 is 11.1 Å². The first-order valence-corrected chi connectivity index (χ1v) is 5.08. The minimum absolute atomic E-state index is 0.324. The number of hydrogen-bond acceptors (Lipinski definition) is 4. The fourth-order valence-electron chi connectivity index (χ4n) is 1.79. The summed E-state index contributed by atoms with van der Waals surface area (Å²) in [7, 11) is 1.80. The van der Waals surface area contributed by atoms with Gasteiger partial charge in [0.15, 0.2) is 5.82 Å². The number of halogens is 1. The van der Waals surface area contributed by atoms with E-state index in [0.717, 1.165) is 0 Å². The molecule has 3 rings (SSSR count). The molecule has 1 aromatic heterocycles. The molecule has 3 N–H and O–H groups in total. The van der Waals surface area contributed by atoms with Crippen LogP contribution < -0.4 is 11.1 Å². The summed E-state index contributed by atoms with van der Waals surface area (Å²) in [6, 6.07) is 4.32. The van der Waals surface area contributed by atoms with Crippen molar-refractivity contribution in [1.82, 2.24) is 9.78 Å². The summed E-state index contributed by atoms with van der Waals surface area (Å²) < 4.78 is 14.8. The molecule has 0 spiro atoms. The van der Waals surface area contributed by atoms with E-state index in [1.165, 1.54) is 12.1 Å². The molecular formula is C11H10FN5. The normalized spacial score (nSPS) is 13.2. The van der Waals surface area contributed by atoms with E-state index in [9.17, 15) is 4.39 Å². The van der Waals surface area contributed by atoms with E-state index in [1.807, 2.05) is 0 Å². The number of nitrogens with zero attached hydrogens (tertiary/aromatic N) is 3. The molecule has 17 heavy (non-hydrogen) atoms. The number of hydrogen-bond donors (Lipinski definition) is 2. The quantitative estimate of drug-likeness (QED) is 0.724. The average molecular weight is 231 g/mol. The van der Waals surface area contributed by atoms with Crippen LogP contribution in [0.25, 0.3) is 0 Å². The third kappa shape index (κ3) is 1.54. The Kier molecular flexibility index (Phi) is 1.91. The number of aryl methyl sites for hydroxylation is 1. The second-order valence-corrected chi connectivity index (χ2v) is 3.85. The Labute approximate surface area is 96.8 Å². The van der Waals surface area contributed by atoms with Crippen LogP contribution in [0, 0.1) is 5.82 Å². The van der Waals surface area contributed by atoms with Crippen molar-refractivity contribution in [2.75, 3.05) is 5.32 Å². The number of amidine groups is 1. The lowest BCUT2D eigenvalue weighted by atomic mass is 10.2. The van der Waals surface area contributed by atoms with Crippen LogP contribution >= 0.6 is 0 Å². The molecule has 1 aromatic carbocycles. The lowest BCUT2D eigenvalue weighted by Crippen LogP contribution is -2.12. The van der Waals surface area contributed by atoms with Gasteiger partial charge in [0.05, 0.1) is 16.9 Å². The van der Waals surface area contributed by atoms with E-state index < -0.39 is 0 Å². The van der Waals surface area contributed by atoms with Crippen molar-refractivity contribution in [2.45, 2.75) is 0 Å². The van der Waals surface area contributed by atoms with Crippen molar-refractivity contribution in [1.29, 1.82) is 0 Å². The molecule has 2 aromatic rings. The monoisotopic (exact) mass is 231 g/mol. The zero-order valence-corrected chi connectivity index (χ0v) is 9.11. The van der Waals surface area contributed by atoms with Crippen molar-refractivity contribution in [2.24, 2.45) is 17.8 Å². The molecule has 0 amide bonds. The maximum Gasteiger partial charge on any atom is 0.163 e. The number of benzene rings is 1. The molecule has 0 atom stereocenters. The van der Waals surface area contributed by atoms with E-state index >= 15 is 0 Å². The lowest BCUT2D eigenvalue weighted by molar-refractivity contribution is 0.628. The molecule has 0 bridgehead atoms. The van der Waals surface area contributed by atoms with Gasteiger partial charge >= 0.3 is 0 Å². The van der Waals surface area contributed by atoms with Crippen molar-refractivity contribution in [3.63, 3.8) is 0 Å². The molecule has 86 valence electrons. The minimum Gasteiger partial charge on any atom is -0.383 e. The predicted octanol–water partition coefficient (Wildman–Crippen LogP) is 1.65. The summed E-state index contributed by atoms with van der Waals surface area (Å²) >= 11 is 0. The molecule has 0 fully saturated rings. The van der Waals surface area contributed by atoms with Crippen LogP contribution in [0.4, 0.5) is 21.6 Å². The van der Waals surface area contributed by atoms with Gasteiger partial charge in [-0.15, -0.1) is 0 Å². The lowest BCUT2D eigenvalue weighted by Gasteiger charge is -2.04. The van der Waals surface area contributed by atoms with E-state index in [2.05, 4.69) is 15.4 Å². The molecule has 1 aliphatic rings. The Bertz CT molecular complexity index is 629. The van der Waals surface area contributed by atoms with Crippen LogP contribution in [0.15, 0.2) is 29.4 Å². The Hall–Kier alpha value is -2.37. The Morgan fingerprint density at radius 3 is 3.06 bits per heavy atom. The van der Waals surface area contributed by atoms with Gasteiger partial charge in [-0.3, -0.25) is 4.68 Å². The molecule has 6 heteroatoms. The van der Waals surface area contributed by atoms with Gasteiger partial charge in [-0.25, -0.2) is 9.38 Å². The zero-order chi connectivity index (χ0) is 12.0. The Morgan fingerprint density at radius 2 is 2.24 bits per heavy atom. The first-order chi connectivity index (χ1) is 8.13. The highest BCUT2D eigenvalue weighted by molar-refractivity contribution is 6.05. The fraction of sp³-hybridized carbons (Fsp3) is 0.0909. The molecule has 0 unspecified atom stereocenters. The van der Waals surface area contributed by atoms with E-state index in [-0.39, 0.29) is 5.82 Å². The predicted molar refractivity (Wildman–Crippen MR) is 63.3 cm³/mol. The van der Waals surface area contributed by atoms with Crippen molar-refractivity contribution < 1.29 is 4.39 Å². The highest BCUT2D eigenvalue weighted by Gasteiger charge is 2.17. The van der Waals surface area contributed by atoms with Crippen molar-refractivity contribution in [3.8, 4) is 0 Å². The first-order valence-electron chi connectivity index (χ1n) is 5.08. The van der Waals surface area contributed by atoms with Crippen molar-refractivity contribution >= 4 is 23.0 Å². The average Bonchev–Trinajstić information content (AvgIpc) is 2.58. The molecule has 0 aliphatic carbocycles. The molecule has 2 heterocycles. The van der Waals surface area contributed by atoms with Gasteiger partial charge in [-0.05, 0) is 12.1 Å². The van der Waals surface area contributed by atoms with Crippen LogP contribution in [0.5, 0.6) is 0 Å². The number of nitrogens with two attached hydrogens (primary N) is 1. The highest BCUT2D eigenvalue weighted by Crippen LogP contribution is 2.32. The summed E-state index contributed by atoms with van der Waals surface area (Å²) in [6.45, 7) is 0. The van der Waals surface area contributed by atoms with E-state index in [0.29, 0.717) is 28.6 Å². The second-order valence-electron chi connectivity index (χ2n) is 3.85. The van der Waals surface area contributed by atoms with E-state index in [4.69, 9.17) is 5.73 Å². The summed E-state index contributed by atoms with van der Waals surface area (Å²) in [5.74, 6) is 0.603. The summed E-state index contributed by atoms with van der Waals surface area (Å²) in [5.41, 5.74) is 7.73. The smallest absolute Gasteiger partial charge is 0.163 e. The van der Waals surface area contributed by atoms with Gasteiger partial charge in [0.1, 0.15) is 11.7 Å². The van der Waals surface area contributed by atoms with Crippen LogP contribution in [0.1, 0.15) is 5.56 Å². The van der Waals surface area contributed by atoms with Gasteiger partial charge in [0.25, 0.3) is 0 Å². The summed E-state index contributed by atoms with van der Waals surface area (Å²) in [4.78, 5) is 4.19. The molecular weight excluding hydrogens is 221 g/mol. The maximum absolute atomic E-state index is 13.1. The summed E-state index contributed by atoms with van der Waals surface area (Å²) in [6.07, 6.45) is 1.77. The van der Waals surface area contributed by atoms with Crippen LogP contribution in [-0.4, -0.2) is 15.6 Å². The van der Waals surface area contributed by atoms with Crippen molar-refractivity contribution in [3.05, 3.63) is 35.8 Å². The zero-order valence-electron chi connectivity index (χ0n) is 9.11. The minimum atomic E-state index is -0.345. The second kappa shape index (κ2) is 3.31. The van der Waals surface area contributed by atoms with Gasteiger partial charge in [0.2, 0.25) is 0 Å². The number of aromatic nitrogens is 2. The van der Waals surface area contributed by atoms with E-state index in [1.54, 1.807) is 24.0 Å². The SMILES string of the molecule is Cn1cc2c(n1)Nc1ccc(F)cc1N=C2N. The number of nitrogens with one attached hydrogen (secondary N) is 1. The topological polar surface area (TPSA) is 68.2 Å². The number of aliphatic imine (C=N–C) groups is 1. The third-order valence-electron chi connectivity index (χ3n) is 2.56. The molecule has 5 nitrogen and oxygen atoms in total. The Balaban J connectivity index is 2.22. The summed E-state index contributed by atoms with van der Waals surface area (Å²) in [5, 5.41) is 7.32. The molecule has 0 saturated carbocycles. The Morgan fingerprint density at radius 1 is 1.41 bits per heavy atom. The highest BCUT2D eigenvalue weighted by atomic mass is 19.1. The third-order valence-corrected chi connectivity index (χ3v) is 2.56. The van der Waals surface area contributed by atoms with Crippen LogP contribution in [0.2, 0.25) is 0 Å². The molecule has 0 saturated heterocycles. The molecule has 1 aliphatic heterocycles. The first kappa shape index (κ1) is 9.83. The number of anilines is 2. The fourth-order valence-corrected chi connectivity index (χ4v) is 1.79. The number of fused-ring (bicyclic) bond motifs is 2. The van der Waals surface area contributed by atoms with Gasteiger partial charge in [0, 0.05) is 19.3 Å². The van der Waals surface area contributed by atoms with Gasteiger partial charge in [-0.2, -0.15) is 5.10 Å². The van der Waals surface area contributed by atoms with Crippen LogP contribution in [0.3, 0.4) is 0 Å². The molecule has 0 radical (unpaired) electrons. The maximum atomic E-state index is 13.1.